The molecule has 2 heterocycles. The first-order chi connectivity index (χ1) is 8.34. The quantitative estimate of drug-likeness (QED) is 0.634. The molecule has 2 aromatic heterocycles. The molecule has 17 heavy (non-hydrogen) atoms. The molecular formula is C14H11N3. The lowest BCUT2D eigenvalue weighted by atomic mass is 10.2. The van der Waals surface area contributed by atoms with Crippen LogP contribution in [0.15, 0.2) is 48.7 Å². The summed E-state index contributed by atoms with van der Waals surface area (Å²) in [5.74, 6) is 0. The van der Waals surface area contributed by atoms with Gasteiger partial charge in [-0.15, -0.1) is 0 Å². The zero-order chi connectivity index (χ0) is 11.7. The van der Waals surface area contributed by atoms with Crippen LogP contribution in [-0.2, 0) is 0 Å². The molecule has 0 aliphatic rings. The molecule has 0 aliphatic carbocycles. The molecule has 0 N–H and O–H groups in total. The van der Waals surface area contributed by atoms with E-state index in [1.807, 2.05) is 49.4 Å². The Balaban J connectivity index is 2.27. The average Bonchev–Trinajstić information content (AvgIpc) is 2.39. The highest BCUT2D eigenvalue weighted by Gasteiger charge is 2.07. The van der Waals surface area contributed by atoms with Crippen molar-refractivity contribution in [2.75, 3.05) is 0 Å². The van der Waals surface area contributed by atoms with Gasteiger partial charge in [0.05, 0.1) is 22.4 Å². The fourth-order valence-corrected chi connectivity index (χ4v) is 1.83. The van der Waals surface area contributed by atoms with Crippen LogP contribution in [0.2, 0.25) is 0 Å². The summed E-state index contributed by atoms with van der Waals surface area (Å²) < 4.78 is 0. The molecule has 0 atom stereocenters. The third kappa shape index (κ3) is 1.76. The highest BCUT2D eigenvalue weighted by Crippen LogP contribution is 2.20. The number of pyridine rings is 1. The van der Waals surface area contributed by atoms with Gasteiger partial charge in [0.1, 0.15) is 5.69 Å². The van der Waals surface area contributed by atoms with Crippen LogP contribution in [0.5, 0.6) is 0 Å². The molecule has 0 radical (unpaired) electrons. The van der Waals surface area contributed by atoms with Crippen molar-refractivity contribution in [3.8, 4) is 11.4 Å². The van der Waals surface area contributed by atoms with Gasteiger partial charge in [-0.05, 0) is 31.2 Å². The van der Waals surface area contributed by atoms with Gasteiger partial charge in [-0.25, -0.2) is 9.97 Å². The number of fused-ring (bicyclic) bond motifs is 1. The number of rotatable bonds is 1. The van der Waals surface area contributed by atoms with Crippen LogP contribution < -0.4 is 0 Å². The number of para-hydroxylation sites is 2. The molecule has 3 heteroatoms. The fraction of sp³-hybridized carbons (Fsp3) is 0.0714. The van der Waals surface area contributed by atoms with Crippen molar-refractivity contribution >= 4 is 11.0 Å². The van der Waals surface area contributed by atoms with Crippen LogP contribution in [0.1, 0.15) is 5.69 Å². The van der Waals surface area contributed by atoms with Crippen molar-refractivity contribution in [1.29, 1.82) is 0 Å². The number of aromatic nitrogens is 3. The van der Waals surface area contributed by atoms with Crippen molar-refractivity contribution in [2.45, 2.75) is 6.92 Å². The first kappa shape index (κ1) is 9.90. The zero-order valence-corrected chi connectivity index (χ0v) is 9.46. The van der Waals surface area contributed by atoms with E-state index in [0.29, 0.717) is 0 Å². The molecule has 0 saturated heterocycles. The Bertz CT molecular complexity index is 663. The van der Waals surface area contributed by atoms with Gasteiger partial charge in [-0.1, -0.05) is 18.2 Å². The Labute approximate surface area is 99.2 Å². The summed E-state index contributed by atoms with van der Waals surface area (Å²) in [5, 5.41) is 0. The van der Waals surface area contributed by atoms with Gasteiger partial charge in [-0.3, -0.25) is 4.98 Å². The highest BCUT2D eigenvalue weighted by atomic mass is 14.9. The summed E-state index contributed by atoms with van der Waals surface area (Å²) >= 11 is 0. The average molecular weight is 221 g/mol. The van der Waals surface area contributed by atoms with Gasteiger partial charge >= 0.3 is 0 Å². The van der Waals surface area contributed by atoms with E-state index in [0.717, 1.165) is 28.1 Å². The molecule has 0 saturated carbocycles. The minimum Gasteiger partial charge on any atom is -0.255 e. The predicted molar refractivity (Wildman–Crippen MR) is 67.5 cm³/mol. The molecule has 0 unspecified atom stereocenters. The topological polar surface area (TPSA) is 38.7 Å². The van der Waals surface area contributed by atoms with E-state index in [-0.39, 0.29) is 0 Å². The summed E-state index contributed by atoms with van der Waals surface area (Å²) in [6, 6.07) is 13.7. The number of hydrogen-bond acceptors (Lipinski definition) is 3. The normalized spacial score (nSPS) is 10.6. The van der Waals surface area contributed by atoms with Gasteiger partial charge in [0.25, 0.3) is 0 Å². The Morgan fingerprint density at radius 2 is 1.53 bits per heavy atom. The largest absolute Gasteiger partial charge is 0.255 e. The molecule has 3 aromatic rings. The smallest absolute Gasteiger partial charge is 0.111 e. The molecule has 3 rings (SSSR count). The van der Waals surface area contributed by atoms with Crippen LogP contribution in [0.4, 0.5) is 0 Å². The molecule has 3 nitrogen and oxygen atoms in total. The number of nitrogens with zero attached hydrogens (tertiary/aromatic N) is 3. The third-order valence-electron chi connectivity index (χ3n) is 2.65. The van der Waals surface area contributed by atoms with E-state index in [4.69, 9.17) is 0 Å². The summed E-state index contributed by atoms with van der Waals surface area (Å²) in [6.07, 6.45) is 1.77. The van der Waals surface area contributed by atoms with Gasteiger partial charge in [-0.2, -0.15) is 0 Å². The summed E-state index contributed by atoms with van der Waals surface area (Å²) in [5.41, 5.74) is 4.44. The maximum atomic E-state index is 4.62. The lowest BCUT2D eigenvalue weighted by Gasteiger charge is -2.05. The molecule has 1 aromatic carbocycles. The molecule has 0 amide bonds. The van der Waals surface area contributed by atoms with Crippen molar-refractivity contribution in [1.82, 2.24) is 15.0 Å². The second-order valence-electron chi connectivity index (χ2n) is 3.86. The Hall–Kier alpha value is -2.29. The Kier molecular flexibility index (Phi) is 2.29. The van der Waals surface area contributed by atoms with E-state index in [1.54, 1.807) is 6.20 Å². The van der Waals surface area contributed by atoms with Crippen molar-refractivity contribution in [3.63, 3.8) is 0 Å². The zero-order valence-electron chi connectivity index (χ0n) is 9.46. The lowest BCUT2D eigenvalue weighted by molar-refractivity contribution is 1.16. The highest BCUT2D eigenvalue weighted by molar-refractivity contribution is 5.77. The second-order valence-corrected chi connectivity index (χ2v) is 3.86. The van der Waals surface area contributed by atoms with Crippen molar-refractivity contribution in [3.05, 3.63) is 54.4 Å². The minimum absolute atomic E-state index is 0.851. The summed E-state index contributed by atoms with van der Waals surface area (Å²) in [7, 11) is 0. The van der Waals surface area contributed by atoms with Crippen LogP contribution in [0, 0.1) is 6.92 Å². The Morgan fingerprint density at radius 3 is 2.24 bits per heavy atom. The van der Waals surface area contributed by atoms with Gasteiger partial charge in [0, 0.05) is 6.20 Å². The SMILES string of the molecule is Cc1nc2ccccc2nc1-c1ccccn1. The maximum absolute atomic E-state index is 4.62. The maximum Gasteiger partial charge on any atom is 0.111 e. The third-order valence-corrected chi connectivity index (χ3v) is 2.65. The van der Waals surface area contributed by atoms with E-state index in [2.05, 4.69) is 15.0 Å². The number of hydrogen-bond donors (Lipinski definition) is 0. The van der Waals surface area contributed by atoms with E-state index >= 15 is 0 Å². The molecule has 0 spiro atoms. The van der Waals surface area contributed by atoms with E-state index < -0.39 is 0 Å². The number of benzene rings is 1. The van der Waals surface area contributed by atoms with Crippen LogP contribution >= 0.6 is 0 Å². The van der Waals surface area contributed by atoms with Crippen LogP contribution in [-0.4, -0.2) is 15.0 Å². The van der Waals surface area contributed by atoms with E-state index in [9.17, 15) is 0 Å². The van der Waals surface area contributed by atoms with E-state index in [1.165, 1.54) is 0 Å². The first-order valence-corrected chi connectivity index (χ1v) is 5.49. The minimum atomic E-state index is 0.851. The lowest BCUT2D eigenvalue weighted by Crippen LogP contribution is -1.95. The van der Waals surface area contributed by atoms with Gasteiger partial charge in [0.2, 0.25) is 0 Å². The molecular weight excluding hydrogens is 210 g/mol. The van der Waals surface area contributed by atoms with Crippen molar-refractivity contribution < 1.29 is 0 Å². The number of aryl methyl sites for hydroxylation is 1. The van der Waals surface area contributed by atoms with Gasteiger partial charge < -0.3 is 0 Å². The second kappa shape index (κ2) is 3.94. The standard InChI is InChI=1S/C14H11N3/c1-10-14(13-8-4-5-9-15-13)17-12-7-3-2-6-11(12)16-10/h2-9H,1H3. The Morgan fingerprint density at radius 1 is 0.824 bits per heavy atom. The van der Waals surface area contributed by atoms with Crippen LogP contribution in [0.25, 0.3) is 22.4 Å². The fourth-order valence-electron chi connectivity index (χ4n) is 1.83. The first-order valence-electron chi connectivity index (χ1n) is 5.49. The van der Waals surface area contributed by atoms with Crippen LogP contribution in [0.3, 0.4) is 0 Å². The molecule has 0 aliphatic heterocycles. The summed E-state index contributed by atoms with van der Waals surface area (Å²) in [6.45, 7) is 1.96. The van der Waals surface area contributed by atoms with Gasteiger partial charge in [0.15, 0.2) is 0 Å². The monoisotopic (exact) mass is 221 g/mol. The summed E-state index contributed by atoms with van der Waals surface area (Å²) in [4.78, 5) is 13.5. The molecule has 82 valence electrons. The predicted octanol–water partition coefficient (Wildman–Crippen LogP) is 3.00. The molecule has 0 fully saturated rings. The molecule has 0 bridgehead atoms. The van der Waals surface area contributed by atoms with Crippen molar-refractivity contribution in [2.24, 2.45) is 0 Å².